The Hall–Kier alpha value is -2.99. The molecule has 1 saturated heterocycles. The van der Waals surface area contributed by atoms with Crippen LogP contribution in [0.5, 0.6) is 5.75 Å². The van der Waals surface area contributed by atoms with Crippen LogP contribution in [0.15, 0.2) is 66.9 Å². The molecule has 1 fully saturated rings. The largest absolute Gasteiger partial charge is 0.497 e. The van der Waals surface area contributed by atoms with Crippen molar-refractivity contribution in [2.75, 3.05) is 36.6 Å². The molecule has 2 aromatic carbocycles. The van der Waals surface area contributed by atoms with Crippen molar-refractivity contribution in [3.8, 4) is 16.9 Å². The Kier molecular flexibility index (Phi) is 6.77. The van der Waals surface area contributed by atoms with Gasteiger partial charge in [-0.05, 0) is 54.4 Å². The standard InChI is InChI=1S/C25H27N3O2S/c1-18(19-7-10-23(30-2)11-8-19)27-25(29)21-5-3-20(4-6-21)22-9-12-24(26-17-22)28-13-15-31-16-14-28/h3-12,17-18H,13-16H2,1-2H3,(H,27,29)/t18-/m0/s1. The van der Waals surface area contributed by atoms with Gasteiger partial charge < -0.3 is 15.0 Å². The molecule has 0 spiro atoms. The van der Waals surface area contributed by atoms with E-state index in [1.54, 1.807) is 7.11 Å². The van der Waals surface area contributed by atoms with E-state index in [1.807, 2.05) is 73.4 Å². The Morgan fingerprint density at radius 2 is 1.68 bits per heavy atom. The molecule has 31 heavy (non-hydrogen) atoms. The first-order chi connectivity index (χ1) is 15.1. The molecule has 160 valence electrons. The van der Waals surface area contributed by atoms with Gasteiger partial charge in [-0.3, -0.25) is 4.79 Å². The molecule has 1 N–H and O–H groups in total. The van der Waals surface area contributed by atoms with Crippen LogP contribution in [0.2, 0.25) is 0 Å². The van der Waals surface area contributed by atoms with Gasteiger partial charge in [0.2, 0.25) is 0 Å². The first-order valence-corrected chi connectivity index (χ1v) is 11.6. The molecule has 0 unspecified atom stereocenters. The van der Waals surface area contributed by atoms with Gasteiger partial charge in [-0.15, -0.1) is 0 Å². The highest BCUT2D eigenvalue weighted by molar-refractivity contribution is 7.99. The zero-order chi connectivity index (χ0) is 21.6. The molecule has 1 aliphatic heterocycles. The number of nitrogens with one attached hydrogen (secondary N) is 1. The topological polar surface area (TPSA) is 54.5 Å². The zero-order valence-electron chi connectivity index (χ0n) is 17.9. The van der Waals surface area contributed by atoms with Gasteiger partial charge in [0.05, 0.1) is 13.2 Å². The van der Waals surface area contributed by atoms with Gasteiger partial charge in [-0.25, -0.2) is 4.98 Å². The van der Waals surface area contributed by atoms with Crippen molar-refractivity contribution < 1.29 is 9.53 Å². The minimum atomic E-state index is -0.0944. The Morgan fingerprint density at radius 1 is 1.00 bits per heavy atom. The van der Waals surface area contributed by atoms with Gasteiger partial charge in [0.25, 0.3) is 5.91 Å². The summed E-state index contributed by atoms with van der Waals surface area (Å²) in [6, 6.07) is 19.5. The fourth-order valence-corrected chi connectivity index (χ4v) is 4.51. The number of carbonyl (C=O) groups excluding carboxylic acids is 1. The lowest BCUT2D eigenvalue weighted by atomic mass is 10.0. The minimum Gasteiger partial charge on any atom is -0.497 e. The molecule has 4 rings (SSSR count). The number of ether oxygens (including phenoxy) is 1. The zero-order valence-corrected chi connectivity index (χ0v) is 18.7. The van der Waals surface area contributed by atoms with Crippen LogP contribution in [0.3, 0.4) is 0 Å². The van der Waals surface area contributed by atoms with Crippen molar-refractivity contribution in [2.24, 2.45) is 0 Å². The summed E-state index contributed by atoms with van der Waals surface area (Å²) in [6.45, 7) is 4.08. The quantitative estimate of drug-likeness (QED) is 0.605. The number of anilines is 1. The number of hydrogen-bond donors (Lipinski definition) is 1. The number of amides is 1. The average Bonchev–Trinajstić information content (AvgIpc) is 2.85. The van der Waals surface area contributed by atoms with Gasteiger partial charge in [0.15, 0.2) is 0 Å². The van der Waals surface area contributed by atoms with Crippen LogP contribution >= 0.6 is 11.8 Å². The second-order valence-electron chi connectivity index (χ2n) is 7.55. The molecule has 2 heterocycles. The third kappa shape index (κ3) is 5.20. The van der Waals surface area contributed by atoms with E-state index in [2.05, 4.69) is 27.3 Å². The lowest BCUT2D eigenvalue weighted by Crippen LogP contribution is -2.32. The number of methoxy groups -OCH3 is 1. The minimum absolute atomic E-state index is 0.0914. The van der Waals surface area contributed by atoms with Crippen LogP contribution in [0.25, 0.3) is 11.1 Å². The summed E-state index contributed by atoms with van der Waals surface area (Å²) in [6.07, 6.45) is 1.91. The Morgan fingerprint density at radius 3 is 2.29 bits per heavy atom. The van der Waals surface area contributed by atoms with E-state index < -0.39 is 0 Å². The van der Waals surface area contributed by atoms with Crippen LogP contribution in [-0.2, 0) is 0 Å². The third-order valence-electron chi connectivity index (χ3n) is 5.53. The van der Waals surface area contributed by atoms with Crippen molar-refractivity contribution in [1.82, 2.24) is 10.3 Å². The molecule has 1 amide bonds. The summed E-state index contributed by atoms with van der Waals surface area (Å²) < 4.78 is 5.19. The van der Waals surface area contributed by atoms with E-state index in [9.17, 15) is 4.79 Å². The maximum atomic E-state index is 12.7. The van der Waals surface area contributed by atoms with Crippen LogP contribution < -0.4 is 15.0 Å². The van der Waals surface area contributed by atoms with Gasteiger partial charge >= 0.3 is 0 Å². The summed E-state index contributed by atoms with van der Waals surface area (Å²) in [4.78, 5) is 19.6. The molecule has 0 radical (unpaired) electrons. The Labute approximate surface area is 187 Å². The Bertz CT molecular complexity index is 998. The Balaban J connectivity index is 1.39. The van der Waals surface area contributed by atoms with Crippen molar-refractivity contribution >= 4 is 23.5 Å². The highest BCUT2D eigenvalue weighted by Gasteiger charge is 2.14. The predicted octanol–water partition coefficient (Wildman–Crippen LogP) is 4.80. The van der Waals surface area contributed by atoms with Gasteiger partial charge in [0.1, 0.15) is 11.6 Å². The van der Waals surface area contributed by atoms with Crippen LogP contribution in [0.4, 0.5) is 5.82 Å². The summed E-state index contributed by atoms with van der Waals surface area (Å²) in [5, 5.41) is 3.05. The summed E-state index contributed by atoms with van der Waals surface area (Å²) in [7, 11) is 1.64. The van der Waals surface area contributed by atoms with Crippen LogP contribution in [0, 0.1) is 0 Å². The van der Waals surface area contributed by atoms with E-state index in [-0.39, 0.29) is 11.9 Å². The molecule has 5 nitrogen and oxygen atoms in total. The maximum Gasteiger partial charge on any atom is 0.251 e. The fourth-order valence-electron chi connectivity index (χ4n) is 3.61. The molecule has 1 aliphatic rings. The van der Waals surface area contributed by atoms with Gasteiger partial charge in [-0.2, -0.15) is 11.8 Å². The van der Waals surface area contributed by atoms with Gasteiger partial charge in [-0.1, -0.05) is 24.3 Å². The molecule has 1 atom stereocenters. The molecular formula is C25H27N3O2S. The van der Waals surface area contributed by atoms with E-state index in [4.69, 9.17) is 4.74 Å². The summed E-state index contributed by atoms with van der Waals surface area (Å²) in [5.41, 5.74) is 3.77. The number of rotatable bonds is 6. The van der Waals surface area contributed by atoms with E-state index in [0.717, 1.165) is 52.9 Å². The van der Waals surface area contributed by atoms with E-state index in [0.29, 0.717) is 5.56 Å². The fraction of sp³-hybridized carbons (Fsp3) is 0.280. The third-order valence-corrected chi connectivity index (χ3v) is 6.47. The van der Waals surface area contributed by atoms with E-state index in [1.165, 1.54) is 0 Å². The lowest BCUT2D eigenvalue weighted by Gasteiger charge is -2.27. The number of aromatic nitrogens is 1. The van der Waals surface area contributed by atoms with Crippen molar-refractivity contribution in [2.45, 2.75) is 13.0 Å². The molecule has 3 aromatic rings. The summed E-state index contributed by atoms with van der Waals surface area (Å²) >= 11 is 1.99. The number of thioether (sulfide) groups is 1. The highest BCUT2D eigenvalue weighted by atomic mass is 32.2. The molecular weight excluding hydrogens is 406 g/mol. The van der Waals surface area contributed by atoms with Crippen molar-refractivity contribution in [3.63, 3.8) is 0 Å². The molecule has 0 bridgehead atoms. The predicted molar refractivity (Wildman–Crippen MR) is 128 cm³/mol. The number of pyridine rings is 1. The number of nitrogens with zero attached hydrogens (tertiary/aromatic N) is 2. The molecule has 1 aromatic heterocycles. The second-order valence-corrected chi connectivity index (χ2v) is 8.77. The highest BCUT2D eigenvalue weighted by Crippen LogP contribution is 2.23. The number of hydrogen-bond acceptors (Lipinski definition) is 5. The second kappa shape index (κ2) is 9.88. The first kappa shape index (κ1) is 21.2. The SMILES string of the molecule is COc1ccc([C@H](C)NC(=O)c2ccc(-c3ccc(N4CCSCC4)nc3)cc2)cc1. The number of benzene rings is 2. The van der Waals surface area contributed by atoms with Gasteiger partial charge in [0, 0.05) is 41.9 Å². The van der Waals surface area contributed by atoms with E-state index >= 15 is 0 Å². The van der Waals surface area contributed by atoms with Crippen molar-refractivity contribution in [1.29, 1.82) is 0 Å². The molecule has 0 aliphatic carbocycles. The monoisotopic (exact) mass is 433 g/mol. The number of carbonyl (C=O) groups is 1. The smallest absolute Gasteiger partial charge is 0.251 e. The first-order valence-electron chi connectivity index (χ1n) is 10.5. The normalized spacial score (nSPS) is 14.7. The summed E-state index contributed by atoms with van der Waals surface area (Å²) in [5.74, 6) is 4.06. The van der Waals surface area contributed by atoms with Crippen LogP contribution in [0.1, 0.15) is 28.9 Å². The average molecular weight is 434 g/mol. The maximum absolute atomic E-state index is 12.7. The van der Waals surface area contributed by atoms with Crippen molar-refractivity contribution in [3.05, 3.63) is 78.0 Å². The van der Waals surface area contributed by atoms with Crippen LogP contribution in [-0.4, -0.2) is 42.6 Å². The molecule has 6 heteroatoms. The lowest BCUT2D eigenvalue weighted by molar-refractivity contribution is 0.0940. The molecule has 0 saturated carbocycles.